The molecule has 10 heteroatoms. The number of amides is 1. The summed E-state index contributed by atoms with van der Waals surface area (Å²) in [5.41, 5.74) is 1.76. The van der Waals surface area contributed by atoms with E-state index in [0.717, 1.165) is 31.6 Å². The molecule has 0 aliphatic carbocycles. The molecule has 1 aliphatic rings. The van der Waals surface area contributed by atoms with Gasteiger partial charge in [-0.2, -0.15) is 4.98 Å². The third-order valence-electron chi connectivity index (χ3n) is 5.54. The minimum atomic E-state index is -0.822. The number of nitrogens with zero attached hydrogens (tertiary/aromatic N) is 4. The molecule has 1 aromatic carbocycles. The van der Waals surface area contributed by atoms with Crippen LogP contribution in [0.1, 0.15) is 47.4 Å². The Hall–Kier alpha value is -3.01. The van der Waals surface area contributed by atoms with Crippen LogP contribution in [0.3, 0.4) is 0 Å². The van der Waals surface area contributed by atoms with E-state index in [1.807, 2.05) is 6.92 Å². The van der Waals surface area contributed by atoms with Gasteiger partial charge in [-0.3, -0.25) is 9.36 Å². The Morgan fingerprint density at radius 3 is 2.82 bits per heavy atom. The number of carbonyl (C=O) groups excluding carboxylic acids is 1. The average molecular weight is 471 g/mol. The summed E-state index contributed by atoms with van der Waals surface area (Å²) in [4.78, 5) is 26.2. The second kappa shape index (κ2) is 10.3. The molecule has 4 rings (SSSR count). The maximum Gasteiger partial charge on any atom is 0.272 e. The van der Waals surface area contributed by atoms with Crippen molar-refractivity contribution in [1.82, 2.24) is 24.8 Å². The molecule has 0 saturated carbocycles. The van der Waals surface area contributed by atoms with Crippen molar-refractivity contribution in [3.8, 4) is 5.82 Å². The lowest BCUT2D eigenvalue weighted by atomic mass is 10.0. The first kappa shape index (κ1) is 23.2. The van der Waals surface area contributed by atoms with Crippen LogP contribution in [0, 0.1) is 6.92 Å². The van der Waals surface area contributed by atoms with E-state index >= 15 is 0 Å². The van der Waals surface area contributed by atoms with E-state index in [2.05, 4.69) is 25.6 Å². The molecule has 1 saturated heterocycles. The van der Waals surface area contributed by atoms with Crippen LogP contribution in [0.5, 0.6) is 0 Å². The zero-order chi connectivity index (χ0) is 23.4. The maximum absolute atomic E-state index is 12.9. The molecule has 0 radical (unpaired) electrons. The van der Waals surface area contributed by atoms with Crippen LogP contribution in [0.15, 0.2) is 43.0 Å². The maximum atomic E-state index is 12.9. The van der Waals surface area contributed by atoms with Crippen molar-refractivity contribution in [3.63, 3.8) is 0 Å². The second-order valence-corrected chi connectivity index (χ2v) is 8.58. The molecule has 3 N–H and O–H groups in total. The molecule has 2 aromatic heterocycles. The number of halogens is 1. The smallest absolute Gasteiger partial charge is 0.272 e. The molecule has 2 atom stereocenters. The number of ether oxygens (including phenoxy) is 1. The highest BCUT2D eigenvalue weighted by Gasteiger charge is 2.22. The van der Waals surface area contributed by atoms with Crippen molar-refractivity contribution < 1.29 is 14.6 Å². The predicted octanol–water partition coefficient (Wildman–Crippen LogP) is 3.07. The number of aliphatic hydroxyl groups is 1. The number of hydrogen-bond donors (Lipinski definition) is 3. The molecule has 1 fully saturated rings. The number of hydrogen-bond acceptors (Lipinski definition) is 7. The van der Waals surface area contributed by atoms with E-state index < -0.39 is 18.1 Å². The van der Waals surface area contributed by atoms with Gasteiger partial charge in [-0.1, -0.05) is 23.7 Å². The Bertz CT molecular complexity index is 1110. The fraction of sp³-hybridized carbons (Fsp3) is 0.391. The number of aliphatic hydroxyl groups excluding tert-OH is 1. The number of nitrogens with one attached hydrogen (secondary N) is 2. The molecular formula is C23H27ClN6O3. The normalized spacial score (nSPS) is 16.2. The van der Waals surface area contributed by atoms with E-state index in [9.17, 15) is 9.90 Å². The van der Waals surface area contributed by atoms with E-state index in [-0.39, 0.29) is 11.7 Å². The standard InChI is InChI=1S/C23H27ClN6O3/c1-14-11-25-23(27-18-6-8-33-9-7-18)29-21(14)30-12-19(26-13-30)22(32)28-20(15(2)31)16-4-3-5-17(24)10-16/h3-5,10-13,15,18,20,31H,6-9H2,1-2H3,(H,28,32)(H,25,27,29)/t15?,20-/m1/s1. The minimum Gasteiger partial charge on any atom is -0.391 e. The zero-order valence-corrected chi connectivity index (χ0v) is 19.3. The van der Waals surface area contributed by atoms with Crippen molar-refractivity contribution in [2.45, 2.75) is 44.9 Å². The van der Waals surface area contributed by atoms with Crippen molar-refractivity contribution >= 4 is 23.5 Å². The monoisotopic (exact) mass is 470 g/mol. The van der Waals surface area contributed by atoms with E-state index in [1.54, 1.807) is 54.5 Å². The van der Waals surface area contributed by atoms with Crippen LogP contribution < -0.4 is 10.6 Å². The van der Waals surface area contributed by atoms with Gasteiger partial charge in [-0.05, 0) is 44.4 Å². The van der Waals surface area contributed by atoms with Gasteiger partial charge in [0.25, 0.3) is 5.91 Å². The minimum absolute atomic E-state index is 0.208. The molecule has 174 valence electrons. The Labute approximate surface area is 197 Å². The lowest BCUT2D eigenvalue weighted by molar-refractivity contribution is 0.0853. The van der Waals surface area contributed by atoms with Crippen molar-refractivity contribution in [3.05, 3.63) is 64.8 Å². The molecular weight excluding hydrogens is 444 g/mol. The van der Waals surface area contributed by atoms with E-state index in [4.69, 9.17) is 16.3 Å². The number of aryl methyl sites for hydroxylation is 1. The van der Waals surface area contributed by atoms with E-state index in [1.165, 1.54) is 0 Å². The van der Waals surface area contributed by atoms with Gasteiger partial charge >= 0.3 is 0 Å². The summed E-state index contributed by atoms with van der Waals surface area (Å²) < 4.78 is 7.09. The third kappa shape index (κ3) is 5.68. The largest absolute Gasteiger partial charge is 0.391 e. The first-order valence-electron chi connectivity index (χ1n) is 10.9. The molecule has 3 aromatic rings. The van der Waals surface area contributed by atoms with Gasteiger partial charge in [-0.25, -0.2) is 9.97 Å². The molecule has 1 aliphatic heterocycles. The number of carbonyl (C=O) groups is 1. The quantitative estimate of drug-likeness (QED) is 0.486. The second-order valence-electron chi connectivity index (χ2n) is 8.14. The van der Waals surface area contributed by atoms with Gasteiger partial charge in [0.2, 0.25) is 5.95 Å². The summed E-state index contributed by atoms with van der Waals surface area (Å²) in [5.74, 6) is 0.747. The average Bonchev–Trinajstić information content (AvgIpc) is 3.29. The summed E-state index contributed by atoms with van der Waals surface area (Å²) in [5, 5.41) is 16.9. The van der Waals surface area contributed by atoms with Gasteiger partial charge in [0.15, 0.2) is 0 Å². The highest BCUT2D eigenvalue weighted by Crippen LogP contribution is 2.22. The summed E-state index contributed by atoms with van der Waals surface area (Å²) in [6.45, 7) is 4.95. The predicted molar refractivity (Wildman–Crippen MR) is 125 cm³/mol. The fourth-order valence-corrected chi connectivity index (χ4v) is 3.94. The van der Waals surface area contributed by atoms with Crippen LogP contribution in [0.4, 0.5) is 5.95 Å². The lowest BCUT2D eigenvalue weighted by Crippen LogP contribution is -2.35. The highest BCUT2D eigenvalue weighted by molar-refractivity contribution is 6.30. The lowest BCUT2D eigenvalue weighted by Gasteiger charge is -2.23. The molecule has 0 spiro atoms. The zero-order valence-electron chi connectivity index (χ0n) is 18.5. The highest BCUT2D eigenvalue weighted by atomic mass is 35.5. The number of aromatic nitrogens is 4. The van der Waals surface area contributed by atoms with E-state index in [0.29, 0.717) is 22.4 Å². The van der Waals surface area contributed by atoms with Gasteiger partial charge < -0.3 is 20.5 Å². The molecule has 0 bridgehead atoms. The number of imidazole rings is 1. The molecule has 9 nitrogen and oxygen atoms in total. The van der Waals surface area contributed by atoms with Crippen LogP contribution >= 0.6 is 11.6 Å². The van der Waals surface area contributed by atoms with Crippen molar-refractivity contribution in [2.24, 2.45) is 0 Å². The Kier molecular flexibility index (Phi) is 7.22. The van der Waals surface area contributed by atoms with Crippen LogP contribution in [-0.2, 0) is 4.74 Å². The Balaban J connectivity index is 1.51. The van der Waals surface area contributed by atoms with Gasteiger partial charge in [0.1, 0.15) is 17.8 Å². The third-order valence-corrected chi connectivity index (χ3v) is 5.77. The number of benzene rings is 1. The first-order chi connectivity index (χ1) is 15.9. The van der Waals surface area contributed by atoms with Gasteiger partial charge in [0.05, 0.1) is 12.1 Å². The summed E-state index contributed by atoms with van der Waals surface area (Å²) in [6.07, 6.45) is 5.88. The first-order valence-corrected chi connectivity index (χ1v) is 11.2. The molecule has 3 heterocycles. The van der Waals surface area contributed by atoms with Crippen LogP contribution in [-0.4, -0.2) is 55.9 Å². The summed E-state index contributed by atoms with van der Waals surface area (Å²) in [6, 6.07) is 6.68. The topological polar surface area (TPSA) is 114 Å². The number of anilines is 1. The van der Waals surface area contributed by atoms with Gasteiger partial charge in [-0.15, -0.1) is 0 Å². The van der Waals surface area contributed by atoms with Crippen LogP contribution in [0.2, 0.25) is 5.02 Å². The van der Waals surface area contributed by atoms with Crippen molar-refractivity contribution in [2.75, 3.05) is 18.5 Å². The molecule has 33 heavy (non-hydrogen) atoms. The van der Waals surface area contributed by atoms with Crippen LogP contribution in [0.25, 0.3) is 5.82 Å². The summed E-state index contributed by atoms with van der Waals surface area (Å²) in [7, 11) is 0. The summed E-state index contributed by atoms with van der Waals surface area (Å²) >= 11 is 6.07. The Morgan fingerprint density at radius 1 is 1.30 bits per heavy atom. The fourth-order valence-electron chi connectivity index (χ4n) is 3.74. The number of rotatable bonds is 7. The Morgan fingerprint density at radius 2 is 2.09 bits per heavy atom. The molecule has 1 unspecified atom stereocenters. The van der Waals surface area contributed by atoms with Gasteiger partial charge in [0, 0.05) is 42.2 Å². The SMILES string of the molecule is Cc1cnc(NC2CCOCC2)nc1-n1cnc(C(=O)N[C@@H](c2cccc(Cl)c2)C(C)O)c1. The molecule has 1 amide bonds. The van der Waals surface area contributed by atoms with Crippen molar-refractivity contribution in [1.29, 1.82) is 0 Å².